The summed E-state index contributed by atoms with van der Waals surface area (Å²) < 4.78 is 24.5. The summed E-state index contributed by atoms with van der Waals surface area (Å²) >= 11 is 0. The van der Waals surface area contributed by atoms with E-state index in [1.807, 2.05) is 78.9 Å². The van der Waals surface area contributed by atoms with Gasteiger partial charge in [0, 0.05) is 12.6 Å². The van der Waals surface area contributed by atoms with Crippen LogP contribution in [0.4, 0.5) is 0 Å². The zero-order chi connectivity index (χ0) is 29.0. The minimum atomic E-state index is -1.13. The lowest BCUT2D eigenvalue weighted by Crippen LogP contribution is -2.40. The zero-order valence-electron chi connectivity index (χ0n) is 22.7. The van der Waals surface area contributed by atoms with Gasteiger partial charge in [-0.3, -0.25) is 4.79 Å². The Labute approximate surface area is 236 Å². The summed E-state index contributed by atoms with van der Waals surface area (Å²) in [5.74, 6) is 3.64. The van der Waals surface area contributed by atoms with E-state index in [0.29, 0.717) is 11.5 Å². The van der Waals surface area contributed by atoms with Gasteiger partial charge in [0.15, 0.2) is 0 Å². The van der Waals surface area contributed by atoms with Gasteiger partial charge in [0.05, 0.1) is 26.9 Å². The SMILES string of the molecule is C#Cc1c[nH]c(=O)n([C@H]2C[C@H](O)[C@@H](COC(c3ccccc3)(c3ccc(OC)cc3)c3ccc(OC)cc3)O2)c1=O. The molecule has 3 aromatic carbocycles. The van der Waals surface area contributed by atoms with Gasteiger partial charge < -0.3 is 29.0 Å². The summed E-state index contributed by atoms with van der Waals surface area (Å²) in [5, 5.41) is 11.0. The van der Waals surface area contributed by atoms with Crippen LogP contribution in [0, 0.1) is 12.3 Å². The van der Waals surface area contributed by atoms with Crippen LogP contribution in [0.5, 0.6) is 11.5 Å². The van der Waals surface area contributed by atoms with Crippen molar-refractivity contribution in [2.24, 2.45) is 0 Å². The normalized spacial score (nSPS) is 18.5. The van der Waals surface area contributed by atoms with E-state index in [1.165, 1.54) is 6.20 Å². The van der Waals surface area contributed by atoms with Crippen LogP contribution >= 0.6 is 0 Å². The molecule has 0 radical (unpaired) electrons. The summed E-state index contributed by atoms with van der Waals surface area (Å²) in [4.78, 5) is 27.8. The van der Waals surface area contributed by atoms with Gasteiger partial charge in [-0.2, -0.15) is 0 Å². The molecule has 5 rings (SSSR count). The van der Waals surface area contributed by atoms with E-state index < -0.39 is 35.3 Å². The number of terminal acetylenes is 1. The van der Waals surface area contributed by atoms with Gasteiger partial charge in [-0.15, -0.1) is 6.42 Å². The standard InChI is InChI=1S/C32H30N2O7/c1-4-21-19-33-31(37)34(30(21)36)29-18-27(35)28(41-29)20-40-32(22-8-6-5-7-9-22,23-10-14-25(38-2)15-11-23)24-12-16-26(39-3)17-13-24/h1,5-17,19,27-29,35H,18,20H2,2-3H3,(H,33,37)/t27-,28+,29+/m0/s1. The Morgan fingerprint density at radius 3 is 2.05 bits per heavy atom. The Balaban J connectivity index is 1.55. The number of nitrogens with one attached hydrogen (secondary N) is 1. The van der Waals surface area contributed by atoms with E-state index in [1.54, 1.807) is 14.2 Å². The monoisotopic (exact) mass is 554 g/mol. The number of aliphatic hydroxyl groups is 1. The Bertz CT molecular complexity index is 1590. The Morgan fingerprint density at radius 2 is 1.51 bits per heavy atom. The van der Waals surface area contributed by atoms with Crippen LogP contribution in [0.15, 0.2) is 94.6 Å². The fraction of sp³-hybridized carbons (Fsp3) is 0.250. The second-order valence-corrected chi connectivity index (χ2v) is 9.57. The first kappa shape index (κ1) is 27.9. The molecule has 0 spiro atoms. The molecule has 2 heterocycles. The molecule has 1 aliphatic rings. The largest absolute Gasteiger partial charge is 0.497 e. The highest BCUT2D eigenvalue weighted by Crippen LogP contribution is 2.42. The van der Waals surface area contributed by atoms with Gasteiger partial charge in [-0.05, 0) is 41.0 Å². The van der Waals surface area contributed by atoms with Crippen LogP contribution in [0.1, 0.15) is 34.9 Å². The molecule has 0 unspecified atom stereocenters. The van der Waals surface area contributed by atoms with Crippen LogP contribution in [0.25, 0.3) is 0 Å². The highest BCUT2D eigenvalue weighted by Gasteiger charge is 2.42. The third kappa shape index (κ3) is 5.28. The van der Waals surface area contributed by atoms with E-state index in [2.05, 4.69) is 10.9 Å². The lowest BCUT2D eigenvalue weighted by Gasteiger charge is -2.37. The number of ether oxygens (including phenoxy) is 4. The molecule has 2 N–H and O–H groups in total. The summed E-state index contributed by atoms with van der Waals surface area (Å²) in [6.45, 7) is -0.0634. The molecule has 4 aromatic rings. The third-order valence-electron chi connectivity index (χ3n) is 7.29. The van der Waals surface area contributed by atoms with Crippen molar-refractivity contribution >= 4 is 0 Å². The van der Waals surface area contributed by atoms with Crippen molar-refractivity contribution in [2.45, 2.75) is 30.5 Å². The molecule has 0 saturated carbocycles. The molecule has 210 valence electrons. The van der Waals surface area contributed by atoms with Gasteiger partial charge >= 0.3 is 5.69 Å². The minimum Gasteiger partial charge on any atom is -0.497 e. The molecular formula is C32H30N2O7. The smallest absolute Gasteiger partial charge is 0.330 e. The molecule has 1 aliphatic heterocycles. The Hall–Kier alpha value is -4.62. The number of aromatic amines is 1. The molecule has 9 nitrogen and oxygen atoms in total. The van der Waals surface area contributed by atoms with E-state index >= 15 is 0 Å². The lowest BCUT2D eigenvalue weighted by atomic mass is 9.80. The van der Waals surface area contributed by atoms with Crippen molar-refractivity contribution in [3.8, 4) is 23.8 Å². The highest BCUT2D eigenvalue weighted by molar-refractivity contribution is 5.49. The first-order valence-electron chi connectivity index (χ1n) is 13.0. The number of nitrogens with zero attached hydrogens (tertiary/aromatic N) is 1. The maximum atomic E-state index is 12.8. The van der Waals surface area contributed by atoms with Crippen LogP contribution in [0.3, 0.4) is 0 Å². The summed E-state index contributed by atoms with van der Waals surface area (Å²) in [6.07, 6.45) is 3.73. The minimum absolute atomic E-state index is 0.00838. The molecule has 0 bridgehead atoms. The number of benzene rings is 3. The summed E-state index contributed by atoms with van der Waals surface area (Å²) in [6, 6.07) is 24.8. The van der Waals surface area contributed by atoms with Crippen LogP contribution in [-0.2, 0) is 15.1 Å². The van der Waals surface area contributed by atoms with Crippen molar-refractivity contribution in [2.75, 3.05) is 20.8 Å². The van der Waals surface area contributed by atoms with Gasteiger partial charge in [0.25, 0.3) is 5.56 Å². The molecule has 1 fully saturated rings. The quantitative estimate of drug-likeness (QED) is 0.241. The second-order valence-electron chi connectivity index (χ2n) is 9.57. The van der Waals surface area contributed by atoms with Crippen LogP contribution < -0.4 is 20.7 Å². The van der Waals surface area contributed by atoms with Gasteiger partial charge in [-0.1, -0.05) is 60.5 Å². The Kier molecular flexibility index (Phi) is 8.08. The van der Waals surface area contributed by atoms with E-state index in [9.17, 15) is 14.7 Å². The fourth-order valence-corrected chi connectivity index (χ4v) is 5.16. The molecule has 0 aliphatic carbocycles. The topological polar surface area (TPSA) is 112 Å². The molecule has 3 atom stereocenters. The van der Waals surface area contributed by atoms with Crippen molar-refractivity contribution in [3.63, 3.8) is 0 Å². The Morgan fingerprint density at radius 1 is 0.951 bits per heavy atom. The molecule has 0 amide bonds. The number of aliphatic hydroxyl groups excluding tert-OH is 1. The molecule has 9 heteroatoms. The highest BCUT2D eigenvalue weighted by atomic mass is 16.6. The lowest BCUT2D eigenvalue weighted by molar-refractivity contribution is -0.0949. The number of H-pyrrole nitrogens is 1. The molecule has 41 heavy (non-hydrogen) atoms. The van der Waals surface area contributed by atoms with E-state index in [0.717, 1.165) is 21.3 Å². The predicted molar refractivity (Wildman–Crippen MR) is 152 cm³/mol. The number of rotatable bonds is 9. The van der Waals surface area contributed by atoms with Crippen molar-refractivity contribution < 1.29 is 24.1 Å². The van der Waals surface area contributed by atoms with Crippen molar-refractivity contribution in [1.29, 1.82) is 0 Å². The maximum absolute atomic E-state index is 12.8. The van der Waals surface area contributed by atoms with Gasteiger partial charge in [0.2, 0.25) is 0 Å². The van der Waals surface area contributed by atoms with Crippen molar-refractivity contribution in [3.05, 3.63) is 128 Å². The number of hydrogen-bond acceptors (Lipinski definition) is 7. The summed E-state index contributed by atoms with van der Waals surface area (Å²) in [7, 11) is 3.20. The van der Waals surface area contributed by atoms with Crippen molar-refractivity contribution in [1.82, 2.24) is 9.55 Å². The predicted octanol–water partition coefficient (Wildman–Crippen LogP) is 3.19. The number of methoxy groups -OCH3 is 2. The third-order valence-corrected chi connectivity index (χ3v) is 7.29. The average Bonchev–Trinajstić information content (AvgIpc) is 3.38. The number of hydrogen-bond donors (Lipinski definition) is 2. The first-order valence-corrected chi connectivity index (χ1v) is 13.0. The van der Waals surface area contributed by atoms with E-state index in [4.69, 9.17) is 25.4 Å². The van der Waals surface area contributed by atoms with Gasteiger partial charge in [-0.25, -0.2) is 9.36 Å². The zero-order valence-corrected chi connectivity index (χ0v) is 22.7. The number of aromatic nitrogens is 2. The average molecular weight is 555 g/mol. The van der Waals surface area contributed by atoms with E-state index in [-0.39, 0.29) is 18.6 Å². The molecule has 1 saturated heterocycles. The molecule has 1 aromatic heterocycles. The van der Waals surface area contributed by atoms with Crippen LogP contribution in [0.2, 0.25) is 0 Å². The summed E-state index contributed by atoms with van der Waals surface area (Å²) in [5.41, 5.74) is -0.00835. The molecular weight excluding hydrogens is 524 g/mol. The van der Waals surface area contributed by atoms with Crippen LogP contribution in [-0.4, -0.2) is 47.7 Å². The maximum Gasteiger partial charge on any atom is 0.330 e. The second kappa shape index (κ2) is 11.9. The fourth-order valence-electron chi connectivity index (χ4n) is 5.16. The van der Waals surface area contributed by atoms with Gasteiger partial charge in [0.1, 0.15) is 35.0 Å². The first-order chi connectivity index (χ1) is 19.9.